The van der Waals surface area contributed by atoms with Crippen molar-refractivity contribution >= 4 is 11.8 Å². The summed E-state index contributed by atoms with van der Waals surface area (Å²) in [5.41, 5.74) is 0.0116. The lowest BCUT2D eigenvalue weighted by Crippen LogP contribution is -2.56. The molecule has 2 saturated heterocycles. The van der Waals surface area contributed by atoms with Crippen LogP contribution >= 0.6 is 0 Å². The van der Waals surface area contributed by atoms with Crippen molar-refractivity contribution in [3.63, 3.8) is 0 Å². The highest BCUT2D eigenvalue weighted by Gasteiger charge is 2.46. The average molecular weight is 325 g/mol. The molecule has 2 aliphatic heterocycles. The molecule has 0 bridgehead atoms. The van der Waals surface area contributed by atoms with Crippen LogP contribution in [0.15, 0.2) is 0 Å². The number of carbonyl (C=O) groups is 2. The second-order valence-electron chi connectivity index (χ2n) is 7.07. The van der Waals surface area contributed by atoms with Crippen LogP contribution in [-0.2, 0) is 9.59 Å². The summed E-state index contributed by atoms with van der Waals surface area (Å²) in [7, 11) is 1.57. The fourth-order valence-electron chi connectivity index (χ4n) is 3.99. The van der Waals surface area contributed by atoms with Gasteiger partial charge in [-0.1, -0.05) is 13.8 Å². The van der Waals surface area contributed by atoms with E-state index in [0.29, 0.717) is 6.42 Å². The number of rotatable bonds is 5. The second kappa shape index (κ2) is 7.18. The van der Waals surface area contributed by atoms with Crippen molar-refractivity contribution in [2.45, 2.75) is 76.6 Å². The van der Waals surface area contributed by atoms with Gasteiger partial charge in [0.05, 0.1) is 12.1 Å². The number of hydrogen-bond donors (Lipinski definition) is 2. The Bertz CT molecular complexity index is 450. The maximum atomic E-state index is 13.1. The molecule has 2 aliphatic rings. The van der Waals surface area contributed by atoms with Crippen LogP contribution in [0, 0.1) is 0 Å². The number of likely N-dealkylation sites (tertiary alicyclic amines) is 2. The molecule has 2 heterocycles. The van der Waals surface area contributed by atoms with Crippen LogP contribution in [0.4, 0.5) is 0 Å². The lowest BCUT2D eigenvalue weighted by Gasteiger charge is -2.42. The molecular weight excluding hydrogens is 294 g/mol. The smallest absolute Gasteiger partial charge is 0.242 e. The number of aliphatic hydroxyl groups excluding tert-OH is 1. The Morgan fingerprint density at radius 3 is 2.48 bits per heavy atom. The largest absolute Gasteiger partial charge is 0.391 e. The highest BCUT2D eigenvalue weighted by atomic mass is 16.3. The van der Waals surface area contributed by atoms with E-state index < -0.39 is 12.1 Å². The van der Waals surface area contributed by atoms with Gasteiger partial charge in [0.15, 0.2) is 0 Å². The normalized spacial score (nSPS) is 29.1. The third-order valence-corrected chi connectivity index (χ3v) is 5.87. The van der Waals surface area contributed by atoms with Crippen molar-refractivity contribution in [2.24, 2.45) is 0 Å². The number of carbonyl (C=O) groups excluding carboxylic acids is 2. The monoisotopic (exact) mass is 325 g/mol. The Hall–Kier alpha value is -1.14. The minimum Gasteiger partial charge on any atom is -0.391 e. The molecule has 6 nitrogen and oxygen atoms in total. The summed E-state index contributed by atoms with van der Waals surface area (Å²) in [5, 5.41) is 12.5. The molecule has 0 aliphatic carbocycles. The molecule has 0 saturated carbocycles. The van der Waals surface area contributed by atoms with Gasteiger partial charge in [-0.05, 0) is 39.2 Å². The van der Waals surface area contributed by atoms with Crippen LogP contribution < -0.4 is 5.32 Å². The first kappa shape index (κ1) is 18.2. The molecule has 2 N–H and O–H groups in total. The molecule has 0 aromatic heterocycles. The van der Waals surface area contributed by atoms with Crippen LogP contribution in [0.5, 0.6) is 0 Å². The van der Waals surface area contributed by atoms with Gasteiger partial charge < -0.3 is 15.3 Å². The van der Waals surface area contributed by atoms with E-state index in [2.05, 4.69) is 31.0 Å². The molecule has 23 heavy (non-hydrogen) atoms. The number of amides is 2. The summed E-state index contributed by atoms with van der Waals surface area (Å²) in [6, 6.07) is -0.711. The number of likely N-dealkylation sites (N-methyl/N-ethyl adjacent to an activating group) is 1. The summed E-state index contributed by atoms with van der Waals surface area (Å²) in [6.45, 7) is 7.73. The van der Waals surface area contributed by atoms with Crippen molar-refractivity contribution in [1.29, 1.82) is 0 Å². The Balaban J connectivity index is 2.19. The zero-order chi connectivity index (χ0) is 17.2. The van der Waals surface area contributed by atoms with E-state index in [1.165, 1.54) is 0 Å². The van der Waals surface area contributed by atoms with E-state index in [1.807, 2.05) is 0 Å². The Kier molecular flexibility index (Phi) is 5.68. The molecule has 2 rings (SSSR count). The first-order valence-corrected chi connectivity index (χ1v) is 8.84. The van der Waals surface area contributed by atoms with Gasteiger partial charge in [-0.15, -0.1) is 0 Å². The molecule has 0 aromatic rings. The maximum Gasteiger partial charge on any atom is 0.242 e. The summed E-state index contributed by atoms with van der Waals surface area (Å²) in [4.78, 5) is 29.1. The summed E-state index contributed by atoms with van der Waals surface area (Å²) < 4.78 is 0. The molecule has 0 spiro atoms. The molecule has 132 valence electrons. The Morgan fingerprint density at radius 1 is 1.26 bits per heavy atom. The zero-order valence-corrected chi connectivity index (χ0v) is 14.8. The van der Waals surface area contributed by atoms with Gasteiger partial charge in [0.25, 0.3) is 0 Å². The summed E-state index contributed by atoms with van der Waals surface area (Å²) in [6.07, 6.45) is 3.55. The number of hydrogen-bond acceptors (Lipinski definition) is 4. The zero-order valence-electron chi connectivity index (χ0n) is 14.8. The van der Waals surface area contributed by atoms with Crippen LogP contribution in [-0.4, -0.2) is 70.6 Å². The van der Waals surface area contributed by atoms with Crippen molar-refractivity contribution < 1.29 is 14.7 Å². The summed E-state index contributed by atoms with van der Waals surface area (Å²) in [5.74, 6) is -0.186. The number of aliphatic hydroxyl groups is 1. The standard InChI is InChI=1S/C17H31N3O3/c1-5-17(3,6-2)20-9-7-8-13(20)16(23)19-11-12(21)10-14(19)15(22)18-4/h12-14,21H,5-11H2,1-4H3,(H,18,22). The predicted octanol–water partition coefficient (Wildman–Crippen LogP) is 0.737. The van der Waals surface area contributed by atoms with Crippen LogP contribution in [0.1, 0.15) is 52.9 Å². The maximum absolute atomic E-state index is 13.1. The van der Waals surface area contributed by atoms with E-state index >= 15 is 0 Å². The molecule has 3 atom stereocenters. The molecular formula is C17H31N3O3. The van der Waals surface area contributed by atoms with Gasteiger partial charge in [-0.25, -0.2) is 0 Å². The minimum absolute atomic E-state index is 0.000718. The van der Waals surface area contributed by atoms with Crippen LogP contribution in [0.25, 0.3) is 0 Å². The first-order chi connectivity index (χ1) is 10.9. The quantitative estimate of drug-likeness (QED) is 0.782. The third-order valence-electron chi connectivity index (χ3n) is 5.87. The highest BCUT2D eigenvalue weighted by Crippen LogP contribution is 2.33. The van der Waals surface area contributed by atoms with Crippen molar-refractivity contribution in [3.05, 3.63) is 0 Å². The molecule has 2 amide bonds. The molecule has 0 radical (unpaired) electrons. The van der Waals surface area contributed by atoms with Crippen LogP contribution in [0.2, 0.25) is 0 Å². The molecule has 0 aromatic carbocycles. The minimum atomic E-state index is -0.611. The van der Waals surface area contributed by atoms with Gasteiger partial charge in [0, 0.05) is 25.6 Å². The Labute approximate surface area is 139 Å². The van der Waals surface area contributed by atoms with E-state index in [1.54, 1.807) is 11.9 Å². The SMILES string of the molecule is CCC(C)(CC)N1CCCC1C(=O)N1CC(O)CC1C(=O)NC. The fourth-order valence-corrected chi connectivity index (χ4v) is 3.99. The second-order valence-corrected chi connectivity index (χ2v) is 7.07. The van der Waals surface area contributed by atoms with Crippen molar-refractivity contribution in [3.8, 4) is 0 Å². The van der Waals surface area contributed by atoms with E-state index in [0.717, 1.165) is 32.2 Å². The van der Waals surface area contributed by atoms with E-state index in [-0.39, 0.29) is 29.9 Å². The first-order valence-electron chi connectivity index (χ1n) is 8.84. The van der Waals surface area contributed by atoms with E-state index in [4.69, 9.17) is 0 Å². The highest BCUT2D eigenvalue weighted by molar-refractivity contribution is 5.90. The van der Waals surface area contributed by atoms with Gasteiger partial charge in [0.2, 0.25) is 11.8 Å². The lowest BCUT2D eigenvalue weighted by atomic mass is 9.92. The van der Waals surface area contributed by atoms with Crippen LogP contribution in [0.3, 0.4) is 0 Å². The van der Waals surface area contributed by atoms with Gasteiger partial charge in [0.1, 0.15) is 6.04 Å². The number of nitrogens with one attached hydrogen (secondary N) is 1. The topological polar surface area (TPSA) is 72.9 Å². The number of β-amino-alcohol motifs (C(OH)–C–C–N with tert-alkyl or cyclic N) is 1. The molecule has 2 fully saturated rings. The average Bonchev–Trinajstić information content (AvgIpc) is 3.19. The van der Waals surface area contributed by atoms with Gasteiger partial charge >= 0.3 is 0 Å². The third kappa shape index (κ3) is 3.38. The fraction of sp³-hybridized carbons (Fsp3) is 0.882. The van der Waals surface area contributed by atoms with Crippen molar-refractivity contribution in [1.82, 2.24) is 15.1 Å². The lowest BCUT2D eigenvalue weighted by molar-refractivity contribution is -0.143. The van der Waals surface area contributed by atoms with E-state index in [9.17, 15) is 14.7 Å². The Morgan fingerprint density at radius 2 is 1.91 bits per heavy atom. The van der Waals surface area contributed by atoms with Crippen molar-refractivity contribution in [2.75, 3.05) is 20.1 Å². The summed E-state index contributed by atoms with van der Waals surface area (Å²) >= 11 is 0. The van der Waals surface area contributed by atoms with Gasteiger partial charge in [-0.3, -0.25) is 14.5 Å². The predicted molar refractivity (Wildman–Crippen MR) is 88.9 cm³/mol. The van der Waals surface area contributed by atoms with Gasteiger partial charge in [-0.2, -0.15) is 0 Å². The molecule has 6 heteroatoms. The number of nitrogens with zero attached hydrogens (tertiary/aromatic N) is 2. The molecule has 3 unspecified atom stereocenters.